The highest BCUT2D eigenvalue weighted by Gasteiger charge is 2.29. The molecule has 2 aromatic carbocycles. The molecule has 154 valence electrons. The summed E-state index contributed by atoms with van der Waals surface area (Å²) in [5, 5.41) is 6.05. The highest BCUT2D eigenvalue weighted by Crippen LogP contribution is 2.29. The lowest BCUT2D eigenvalue weighted by molar-refractivity contribution is -0.137. The molecule has 0 aromatic heterocycles. The number of hydrogen-bond donors (Lipinski definition) is 2. The predicted molar refractivity (Wildman–Crippen MR) is 99.1 cm³/mol. The summed E-state index contributed by atoms with van der Waals surface area (Å²) in [6.45, 7) is -0.350. The van der Waals surface area contributed by atoms with E-state index in [1.54, 1.807) is 6.07 Å². The van der Waals surface area contributed by atoms with Crippen LogP contribution in [0.2, 0.25) is 0 Å². The average molecular weight is 409 g/mol. The van der Waals surface area contributed by atoms with Crippen molar-refractivity contribution in [3.05, 3.63) is 59.2 Å². The molecule has 2 N–H and O–H groups in total. The van der Waals surface area contributed by atoms with Crippen LogP contribution in [0.5, 0.6) is 11.5 Å². The maximum Gasteiger partial charge on any atom is 0.416 e. The molecule has 0 spiro atoms. The summed E-state index contributed by atoms with van der Waals surface area (Å²) in [5.74, 6) is -0.292. The van der Waals surface area contributed by atoms with Crippen molar-refractivity contribution in [2.24, 2.45) is 5.10 Å². The molecule has 0 aliphatic heterocycles. The van der Waals surface area contributed by atoms with Gasteiger partial charge in [0, 0.05) is 5.56 Å². The van der Waals surface area contributed by atoms with Crippen molar-refractivity contribution >= 4 is 18.0 Å². The molecule has 0 atom stereocenters. The first-order valence-corrected chi connectivity index (χ1v) is 8.24. The minimum atomic E-state index is -4.42. The summed E-state index contributed by atoms with van der Waals surface area (Å²) in [6.07, 6.45) is -3.23. The van der Waals surface area contributed by atoms with Gasteiger partial charge in [0.25, 0.3) is 11.8 Å². The number of amides is 2. The number of rotatable bonds is 7. The molecule has 2 rings (SSSR count). The van der Waals surface area contributed by atoms with Gasteiger partial charge in [-0.15, -0.1) is 0 Å². The van der Waals surface area contributed by atoms with E-state index in [-0.39, 0.29) is 12.1 Å². The molecule has 0 fully saturated rings. The molecule has 0 saturated heterocycles. The van der Waals surface area contributed by atoms with Gasteiger partial charge in [0.1, 0.15) is 0 Å². The molecule has 0 bridgehead atoms. The molecule has 29 heavy (non-hydrogen) atoms. The van der Waals surface area contributed by atoms with Crippen LogP contribution in [0.1, 0.15) is 21.5 Å². The number of benzene rings is 2. The molecule has 0 heterocycles. The van der Waals surface area contributed by atoms with Gasteiger partial charge in [-0.2, -0.15) is 18.3 Å². The van der Waals surface area contributed by atoms with Gasteiger partial charge in [-0.05, 0) is 35.9 Å². The van der Waals surface area contributed by atoms with E-state index in [0.29, 0.717) is 17.1 Å². The minimum Gasteiger partial charge on any atom is -0.493 e. The van der Waals surface area contributed by atoms with Gasteiger partial charge in [0.2, 0.25) is 0 Å². The number of carbonyl (C=O) groups excluding carboxylic acids is 2. The number of hydrogen-bond acceptors (Lipinski definition) is 5. The largest absolute Gasteiger partial charge is 0.493 e. The van der Waals surface area contributed by atoms with Gasteiger partial charge < -0.3 is 14.8 Å². The zero-order chi connectivity index (χ0) is 21.4. The summed E-state index contributed by atoms with van der Waals surface area (Å²) in [5.41, 5.74) is 2.03. The van der Waals surface area contributed by atoms with E-state index in [2.05, 4.69) is 15.8 Å². The lowest BCUT2D eigenvalue weighted by atomic mass is 10.1. The Hall–Kier alpha value is -3.56. The molecule has 0 saturated carbocycles. The fourth-order valence-electron chi connectivity index (χ4n) is 2.22. The van der Waals surface area contributed by atoms with Crippen molar-refractivity contribution in [2.45, 2.75) is 6.18 Å². The van der Waals surface area contributed by atoms with Crippen molar-refractivity contribution in [1.82, 2.24) is 10.7 Å². The maximum absolute atomic E-state index is 12.5. The van der Waals surface area contributed by atoms with Crippen LogP contribution in [0.3, 0.4) is 0 Å². The first-order valence-electron chi connectivity index (χ1n) is 8.24. The van der Waals surface area contributed by atoms with Crippen LogP contribution in [-0.4, -0.2) is 38.8 Å². The molecular formula is C19H18F3N3O4. The van der Waals surface area contributed by atoms with E-state index in [9.17, 15) is 22.8 Å². The summed E-state index contributed by atoms with van der Waals surface area (Å²) in [6, 6.07) is 8.79. The van der Waals surface area contributed by atoms with Crippen LogP contribution in [0.25, 0.3) is 0 Å². The number of nitrogens with zero attached hydrogens (tertiary/aromatic N) is 1. The standard InChI is InChI=1S/C19H18F3N3O4/c1-28-15-8-5-13(9-16(15)29-2)18(27)23-11-17(26)25-24-10-12-3-6-14(7-4-12)19(20,21)22/h3-10H,11H2,1-2H3,(H,23,27)(H,25,26)/b24-10+. The quantitative estimate of drug-likeness (QED) is 0.544. The van der Waals surface area contributed by atoms with Crippen molar-refractivity contribution < 1.29 is 32.2 Å². The molecule has 2 aromatic rings. The summed E-state index contributed by atoms with van der Waals surface area (Å²) in [4.78, 5) is 23.9. The van der Waals surface area contributed by atoms with Crippen molar-refractivity contribution in [3.8, 4) is 11.5 Å². The van der Waals surface area contributed by atoms with E-state index in [0.717, 1.165) is 12.1 Å². The van der Waals surface area contributed by atoms with Crippen LogP contribution in [0.15, 0.2) is 47.6 Å². The highest BCUT2D eigenvalue weighted by molar-refractivity contribution is 5.97. The van der Waals surface area contributed by atoms with Crippen LogP contribution < -0.4 is 20.2 Å². The minimum absolute atomic E-state index is 0.267. The van der Waals surface area contributed by atoms with Gasteiger partial charge in [-0.25, -0.2) is 5.43 Å². The fraction of sp³-hybridized carbons (Fsp3) is 0.211. The molecule has 10 heteroatoms. The van der Waals surface area contributed by atoms with E-state index in [1.807, 2.05) is 0 Å². The molecule has 7 nitrogen and oxygen atoms in total. The number of hydrazone groups is 1. The Morgan fingerprint density at radius 1 is 1.03 bits per heavy atom. The Morgan fingerprint density at radius 2 is 1.69 bits per heavy atom. The van der Waals surface area contributed by atoms with Gasteiger partial charge in [0.05, 0.1) is 32.5 Å². The van der Waals surface area contributed by atoms with Crippen LogP contribution in [0.4, 0.5) is 13.2 Å². The normalized spacial score (nSPS) is 11.2. The summed E-state index contributed by atoms with van der Waals surface area (Å²) < 4.78 is 47.7. The molecule has 0 unspecified atom stereocenters. The van der Waals surface area contributed by atoms with Crippen LogP contribution in [0, 0.1) is 0 Å². The third-order valence-corrected chi connectivity index (χ3v) is 3.70. The maximum atomic E-state index is 12.5. The zero-order valence-corrected chi connectivity index (χ0v) is 15.5. The van der Waals surface area contributed by atoms with Gasteiger partial charge in [-0.3, -0.25) is 9.59 Å². The van der Waals surface area contributed by atoms with E-state index in [4.69, 9.17) is 9.47 Å². The van der Waals surface area contributed by atoms with Gasteiger partial charge >= 0.3 is 6.18 Å². The Bertz CT molecular complexity index is 897. The van der Waals surface area contributed by atoms with Crippen LogP contribution >= 0.6 is 0 Å². The number of alkyl halides is 3. The average Bonchev–Trinajstić information content (AvgIpc) is 2.71. The number of ether oxygens (including phenoxy) is 2. The topological polar surface area (TPSA) is 89.0 Å². The second-order valence-corrected chi connectivity index (χ2v) is 5.67. The third-order valence-electron chi connectivity index (χ3n) is 3.70. The predicted octanol–water partition coefficient (Wildman–Crippen LogP) is 2.60. The first-order chi connectivity index (χ1) is 13.7. The summed E-state index contributed by atoms with van der Waals surface area (Å²) >= 11 is 0. The SMILES string of the molecule is COc1ccc(C(=O)NCC(=O)N/N=C/c2ccc(C(F)(F)F)cc2)cc1OC. The summed E-state index contributed by atoms with van der Waals surface area (Å²) in [7, 11) is 2.90. The number of nitrogens with one attached hydrogen (secondary N) is 2. The highest BCUT2D eigenvalue weighted by atomic mass is 19.4. The van der Waals surface area contributed by atoms with Crippen LogP contribution in [-0.2, 0) is 11.0 Å². The number of carbonyl (C=O) groups is 2. The number of halogens is 3. The molecule has 2 amide bonds. The Balaban J connectivity index is 1.85. The fourth-order valence-corrected chi connectivity index (χ4v) is 2.22. The van der Waals surface area contributed by atoms with E-state index in [1.165, 1.54) is 44.7 Å². The second kappa shape index (κ2) is 9.58. The van der Waals surface area contributed by atoms with E-state index < -0.39 is 23.6 Å². The molecular weight excluding hydrogens is 391 g/mol. The third kappa shape index (κ3) is 6.23. The zero-order valence-electron chi connectivity index (χ0n) is 15.5. The second-order valence-electron chi connectivity index (χ2n) is 5.67. The molecule has 0 aliphatic carbocycles. The smallest absolute Gasteiger partial charge is 0.416 e. The lowest BCUT2D eigenvalue weighted by Crippen LogP contribution is -2.34. The Morgan fingerprint density at radius 3 is 2.28 bits per heavy atom. The molecule has 0 radical (unpaired) electrons. The molecule has 0 aliphatic rings. The van der Waals surface area contributed by atoms with Gasteiger partial charge in [-0.1, -0.05) is 12.1 Å². The van der Waals surface area contributed by atoms with Crippen molar-refractivity contribution in [3.63, 3.8) is 0 Å². The monoisotopic (exact) mass is 409 g/mol. The Labute approximate surface area is 164 Å². The first kappa shape index (κ1) is 21.7. The van der Waals surface area contributed by atoms with Gasteiger partial charge in [0.15, 0.2) is 11.5 Å². The Kier molecular flexibility index (Phi) is 7.18. The number of methoxy groups -OCH3 is 2. The lowest BCUT2D eigenvalue weighted by Gasteiger charge is -2.09. The van der Waals surface area contributed by atoms with Crippen molar-refractivity contribution in [2.75, 3.05) is 20.8 Å². The van der Waals surface area contributed by atoms with Crippen molar-refractivity contribution in [1.29, 1.82) is 0 Å². The van der Waals surface area contributed by atoms with E-state index >= 15 is 0 Å².